The molecule has 1 aliphatic rings. The lowest BCUT2D eigenvalue weighted by Gasteiger charge is -2.40. The van der Waals surface area contributed by atoms with Crippen molar-refractivity contribution in [1.29, 1.82) is 0 Å². The number of amides is 1. The Bertz CT molecular complexity index is 910. The minimum absolute atomic E-state index is 0.0352. The number of hydrogen-bond donors (Lipinski definition) is 7. The summed E-state index contributed by atoms with van der Waals surface area (Å²) in [6, 6.07) is -0.462. The van der Waals surface area contributed by atoms with Crippen LogP contribution in [0.2, 0.25) is 0 Å². The van der Waals surface area contributed by atoms with E-state index in [1.165, 1.54) is 141 Å². The summed E-state index contributed by atoms with van der Waals surface area (Å²) in [6.45, 7) is 5.49. The molecule has 1 amide bonds. The molecule has 1 heterocycles. The number of carbonyl (C=O) groups is 1. The average Bonchev–Trinajstić information content (AvgIpc) is 3.21. The van der Waals surface area contributed by atoms with E-state index in [0.29, 0.717) is 12.8 Å². The lowest BCUT2D eigenvalue weighted by molar-refractivity contribution is -0.310. The van der Waals surface area contributed by atoms with Crippen molar-refractivity contribution in [2.75, 3.05) is 6.61 Å². The molecule has 0 spiro atoms. The van der Waals surface area contributed by atoms with Gasteiger partial charge in [-0.3, -0.25) is 4.79 Å². The van der Waals surface area contributed by atoms with Gasteiger partial charge in [0, 0.05) is 6.42 Å². The van der Waals surface area contributed by atoms with Crippen molar-refractivity contribution in [3.8, 4) is 0 Å². The highest BCUT2D eigenvalue weighted by Gasteiger charge is 2.44. The Morgan fingerprint density at radius 2 is 0.931 bits per heavy atom. The summed E-state index contributed by atoms with van der Waals surface area (Å²) in [5, 5.41) is 63.3. The third-order valence-electron chi connectivity index (χ3n) is 12.4. The van der Waals surface area contributed by atoms with E-state index in [-0.39, 0.29) is 12.0 Å². The lowest BCUT2D eigenvalue weighted by atomic mass is 9.99. The van der Waals surface area contributed by atoms with Crippen molar-refractivity contribution >= 4 is 5.91 Å². The van der Waals surface area contributed by atoms with Gasteiger partial charge in [0.15, 0.2) is 6.29 Å². The second kappa shape index (κ2) is 37.9. The van der Waals surface area contributed by atoms with Crippen LogP contribution in [-0.4, -0.2) is 98.2 Å². The first-order valence-corrected chi connectivity index (χ1v) is 24.7. The molecule has 0 bridgehead atoms. The van der Waals surface area contributed by atoms with Crippen LogP contribution in [0.4, 0.5) is 0 Å². The largest absolute Gasteiger partial charge is 0.394 e. The molecule has 9 atom stereocenters. The van der Waals surface area contributed by atoms with Crippen LogP contribution in [0.1, 0.15) is 239 Å². The summed E-state index contributed by atoms with van der Waals surface area (Å²) in [7, 11) is 0. The highest BCUT2D eigenvalue weighted by molar-refractivity contribution is 5.76. The van der Waals surface area contributed by atoms with Crippen LogP contribution in [-0.2, 0) is 14.3 Å². The van der Waals surface area contributed by atoms with Crippen molar-refractivity contribution in [3.05, 3.63) is 0 Å². The van der Waals surface area contributed by atoms with Gasteiger partial charge in [0.2, 0.25) is 5.91 Å². The van der Waals surface area contributed by atoms with Crippen LogP contribution in [0, 0.1) is 0 Å². The van der Waals surface area contributed by atoms with Gasteiger partial charge < -0.3 is 45.4 Å². The Morgan fingerprint density at radius 1 is 0.552 bits per heavy atom. The zero-order valence-corrected chi connectivity index (χ0v) is 37.9. The third kappa shape index (κ3) is 28.6. The standard InChI is InChI=1S/C48H95NO9/c1-4-5-6-7-8-9-10-11-12-13-14-15-16-17-18-19-20-25-28-31-34-37-43(52)49-40(3)44(53)41(51)36-33-30-27-24-22-21-23-26-29-32-35-39(2)57-48-47(56)46(55)45(54)42(38-50)58-48/h39-42,44-48,50-51,53-56H,4-38H2,1-3H3,(H,49,52)/t39?,40-,41+,42+,44-,45-,46-,47+,48-/m0/s1. The SMILES string of the molecule is CCCCCCCCCCCCCCCCCCCCCCCC(=O)N[C@@H](C)[C@H](O)[C@H](O)CCCCCCCCCCCCC(C)O[C@H]1O[C@H](CO)[C@H](O)[C@H](O)[C@H]1O. The minimum Gasteiger partial charge on any atom is -0.394 e. The first kappa shape index (κ1) is 55.2. The molecular formula is C48H95NO9. The number of nitrogens with one attached hydrogen (secondary N) is 1. The molecule has 0 aromatic carbocycles. The van der Waals surface area contributed by atoms with Gasteiger partial charge in [0.25, 0.3) is 0 Å². The summed E-state index contributed by atoms with van der Waals surface area (Å²) in [4.78, 5) is 12.4. The fraction of sp³-hybridized carbons (Fsp3) is 0.979. The maximum absolute atomic E-state index is 12.4. The summed E-state index contributed by atoms with van der Waals surface area (Å²) < 4.78 is 11.2. The summed E-state index contributed by atoms with van der Waals surface area (Å²) in [5.41, 5.74) is 0. The Balaban J connectivity index is 1.88. The molecule has 1 fully saturated rings. The maximum atomic E-state index is 12.4. The number of ether oxygens (including phenoxy) is 2. The predicted molar refractivity (Wildman–Crippen MR) is 237 cm³/mol. The molecule has 1 aliphatic heterocycles. The second-order valence-corrected chi connectivity index (χ2v) is 18.0. The fourth-order valence-electron chi connectivity index (χ4n) is 8.31. The first-order valence-electron chi connectivity index (χ1n) is 24.7. The van der Waals surface area contributed by atoms with Gasteiger partial charge in [-0.15, -0.1) is 0 Å². The van der Waals surface area contributed by atoms with E-state index < -0.39 is 55.6 Å². The van der Waals surface area contributed by atoms with E-state index in [1.807, 2.05) is 6.92 Å². The van der Waals surface area contributed by atoms with Crippen LogP contribution in [0.25, 0.3) is 0 Å². The smallest absolute Gasteiger partial charge is 0.220 e. The van der Waals surface area contributed by atoms with E-state index in [9.17, 15) is 35.4 Å². The Kier molecular flexibility index (Phi) is 36.0. The number of rotatable bonds is 41. The molecule has 1 rings (SSSR count). The van der Waals surface area contributed by atoms with Gasteiger partial charge in [-0.05, 0) is 33.1 Å². The van der Waals surface area contributed by atoms with Gasteiger partial charge in [-0.1, -0.05) is 200 Å². The van der Waals surface area contributed by atoms with Crippen LogP contribution < -0.4 is 5.32 Å². The van der Waals surface area contributed by atoms with Gasteiger partial charge in [-0.2, -0.15) is 0 Å². The molecule has 7 N–H and O–H groups in total. The molecule has 0 saturated carbocycles. The minimum atomic E-state index is -1.42. The highest BCUT2D eigenvalue weighted by Crippen LogP contribution is 2.24. The number of aliphatic hydroxyl groups is 6. The van der Waals surface area contributed by atoms with E-state index in [1.54, 1.807) is 6.92 Å². The molecule has 0 aromatic rings. The molecule has 0 radical (unpaired) electrons. The van der Waals surface area contributed by atoms with Gasteiger partial charge in [0.05, 0.1) is 31.0 Å². The topological polar surface area (TPSA) is 169 Å². The quantitative estimate of drug-likeness (QED) is 0.0297. The second-order valence-electron chi connectivity index (χ2n) is 18.0. The maximum Gasteiger partial charge on any atom is 0.220 e. The number of aliphatic hydroxyl groups excluding tert-OH is 6. The van der Waals surface area contributed by atoms with Crippen molar-refractivity contribution in [2.45, 2.75) is 294 Å². The molecule has 1 unspecified atom stereocenters. The van der Waals surface area contributed by atoms with Crippen LogP contribution in [0.15, 0.2) is 0 Å². The summed E-state index contributed by atoms with van der Waals surface area (Å²) in [6.07, 6.45) is 32.8. The van der Waals surface area contributed by atoms with Crippen molar-refractivity contribution < 1.29 is 44.9 Å². The molecular weight excluding hydrogens is 735 g/mol. The predicted octanol–water partition coefficient (Wildman–Crippen LogP) is 9.70. The van der Waals surface area contributed by atoms with Crippen molar-refractivity contribution in [2.24, 2.45) is 0 Å². The van der Waals surface area contributed by atoms with E-state index in [2.05, 4.69) is 12.2 Å². The molecule has 10 heteroatoms. The molecule has 1 saturated heterocycles. The third-order valence-corrected chi connectivity index (χ3v) is 12.4. The molecule has 10 nitrogen and oxygen atoms in total. The summed E-state index contributed by atoms with van der Waals surface area (Å²) >= 11 is 0. The van der Waals surface area contributed by atoms with E-state index >= 15 is 0 Å². The number of hydrogen-bond acceptors (Lipinski definition) is 9. The Labute approximate surface area is 356 Å². The molecule has 0 aliphatic carbocycles. The molecule has 58 heavy (non-hydrogen) atoms. The number of carbonyl (C=O) groups excluding carboxylic acids is 1. The van der Waals surface area contributed by atoms with E-state index in [0.717, 1.165) is 64.2 Å². The fourth-order valence-corrected chi connectivity index (χ4v) is 8.31. The zero-order chi connectivity index (χ0) is 42.6. The normalized spacial score (nSPS) is 21.8. The Hall–Kier alpha value is -0.850. The summed E-state index contributed by atoms with van der Waals surface area (Å²) in [5.74, 6) is -0.0352. The van der Waals surface area contributed by atoms with Gasteiger partial charge in [-0.25, -0.2) is 0 Å². The van der Waals surface area contributed by atoms with Gasteiger partial charge in [0.1, 0.15) is 24.4 Å². The van der Waals surface area contributed by atoms with Crippen LogP contribution in [0.3, 0.4) is 0 Å². The van der Waals surface area contributed by atoms with Crippen LogP contribution in [0.5, 0.6) is 0 Å². The van der Waals surface area contributed by atoms with E-state index in [4.69, 9.17) is 9.47 Å². The molecule has 346 valence electrons. The van der Waals surface area contributed by atoms with Gasteiger partial charge >= 0.3 is 0 Å². The number of unbranched alkanes of at least 4 members (excludes halogenated alkanes) is 29. The lowest BCUT2D eigenvalue weighted by Crippen LogP contribution is -2.59. The molecule has 0 aromatic heterocycles. The average molecular weight is 830 g/mol. The Morgan fingerprint density at radius 3 is 1.34 bits per heavy atom. The monoisotopic (exact) mass is 830 g/mol. The van der Waals surface area contributed by atoms with Crippen molar-refractivity contribution in [3.63, 3.8) is 0 Å². The van der Waals surface area contributed by atoms with Crippen molar-refractivity contribution in [1.82, 2.24) is 5.32 Å². The van der Waals surface area contributed by atoms with Crippen LogP contribution >= 0.6 is 0 Å². The zero-order valence-electron chi connectivity index (χ0n) is 37.9. The first-order chi connectivity index (χ1) is 28.1. The highest BCUT2D eigenvalue weighted by atomic mass is 16.7.